The highest BCUT2D eigenvalue weighted by atomic mass is 16.5. The molecule has 0 amide bonds. The fourth-order valence-electron chi connectivity index (χ4n) is 1.29. The molecule has 0 N–H and O–H groups in total. The Labute approximate surface area is 82.9 Å². The molecule has 1 aromatic carbocycles. The average Bonchev–Trinajstić information content (AvgIpc) is 2.26. The first-order valence-electron chi connectivity index (χ1n) is 4.48. The van der Waals surface area contributed by atoms with Crippen molar-refractivity contribution in [2.24, 2.45) is 0 Å². The fraction of sp³-hybridized carbons (Fsp3) is 0.0833. The van der Waals surface area contributed by atoms with E-state index in [-0.39, 0.29) is 0 Å². The second kappa shape index (κ2) is 3.92. The van der Waals surface area contributed by atoms with Crippen LogP contribution < -0.4 is 4.74 Å². The summed E-state index contributed by atoms with van der Waals surface area (Å²) in [4.78, 5) is 4.24. The summed E-state index contributed by atoms with van der Waals surface area (Å²) in [6, 6.07) is 9.82. The van der Waals surface area contributed by atoms with Gasteiger partial charge < -0.3 is 4.74 Å². The first-order valence-corrected chi connectivity index (χ1v) is 4.48. The summed E-state index contributed by atoms with van der Waals surface area (Å²) in [6.45, 7) is 4.12. The van der Waals surface area contributed by atoms with Crippen molar-refractivity contribution in [2.75, 3.05) is 6.61 Å². The third kappa shape index (κ3) is 1.74. The van der Waals surface area contributed by atoms with Gasteiger partial charge in [-0.1, -0.05) is 18.7 Å². The molecule has 0 fully saturated rings. The molecule has 0 bridgehead atoms. The minimum Gasteiger partial charge on any atom is -0.489 e. The van der Waals surface area contributed by atoms with Crippen molar-refractivity contribution in [3.8, 4) is 5.75 Å². The van der Waals surface area contributed by atoms with E-state index in [0.29, 0.717) is 6.61 Å². The first kappa shape index (κ1) is 8.75. The third-order valence-corrected chi connectivity index (χ3v) is 1.95. The Hall–Kier alpha value is -1.83. The number of pyridine rings is 1. The Bertz CT molecular complexity index is 451. The molecule has 0 saturated carbocycles. The van der Waals surface area contributed by atoms with E-state index in [1.807, 2.05) is 30.3 Å². The van der Waals surface area contributed by atoms with Crippen molar-refractivity contribution in [3.05, 3.63) is 49.2 Å². The van der Waals surface area contributed by atoms with Crippen LogP contribution in [0.25, 0.3) is 10.9 Å². The number of hydrogen-bond acceptors (Lipinski definition) is 2. The molecule has 0 atom stereocenters. The van der Waals surface area contributed by atoms with Crippen LogP contribution in [-0.2, 0) is 0 Å². The molecule has 0 spiro atoms. The van der Waals surface area contributed by atoms with Crippen molar-refractivity contribution < 1.29 is 4.74 Å². The molecule has 1 heterocycles. The van der Waals surface area contributed by atoms with Crippen LogP contribution >= 0.6 is 0 Å². The van der Waals surface area contributed by atoms with Crippen LogP contribution in [0.5, 0.6) is 5.75 Å². The minimum absolute atomic E-state index is 0.526. The maximum absolute atomic E-state index is 5.41. The van der Waals surface area contributed by atoms with Gasteiger partial charge in [0.2, 0.25) is 0 Å². The molecule has 2 rings (SSSR count). The van der Waals surface area contributed by atoms with E-state index in [0.717, 1.165) is 16.7 Å². The van der Waals surface area contributed by atoms with E-state index in [4.69, 9.17) is 4.74 Å². The van der Waals surface area contributed by atoms with E-state index >= 15 is 0 Å². The molecular weight excluding hydrogens is 174 g/mol. The van der Waals surface area contributed by atoms with Crippen molar-refractivity contribution in [1.82, 2.24) is 4.98 Å². The SMILES string of the molecule is C=CCOc1ccc2cccnc2c1. The molecule has 0 aliphatic rings. The van der Waals surface area contributed by atoms with Gasteiger partial charge in [0.05, 0.1) is 5.52 Å². The molecule has 0 saturated heterocycles. The number of nitrogens with zero attached hydrogens (tertiary/aromatic N) is 1. The van der Waals surface area contributed by atoms with Gasteiger partial charge in [-0.2, -0.15) is 0 Å². The summed E-state index contributed by atoms with van der Waals surface area (Å²) < 4.78 is 5.41. The quantitative estimate of drug-likeness (QED) is 0.686. The van der Waals surface area contributed by atoms with Crippen LogP contribution in [0.3, 0.4) is 0 Å². The van der Waals surface area contributed by atoms with Crippen molar-refractivity contribution >= 4 is 10.9 Å². The van der Waals surface area contributed by atoms with Gasteiger partial charge in [-0.3, -0.25) is 4.98 Å². The summed E-state index contributed by atoms with van der Waals surface area (Å²) in [5.74, 6) is 0.830. The zero-order valence-corrected chi connectivity index (χ0v) is 7.81. The molecule has 0 radical (unpaired) electrons. The predicted octanol–water partition coefficient (Wildman–Crippen LogP) is 2.80. The normalized spacial score (nSPS) is 10.0. The molecule has 0 aliphatic carbocycles. The summed E-state index contributed by atoms with van der Waals surface area (Å²) in [7, 11) is 0. The van der Waals surface area contributed by atoms with E-state index in [9.17, 15) is 0 Å². The highest BCUT2D eigenvalue weighted by Crippen LogP contribution is 2.18. The lowest BCUT2D eigenvalue weighted by Gasteiger charge is -2.03. The zero-order chi connectivity index (χ0) is 9.80. The number of fused-ring (bicyclic) bond motifs is 1. The highest BCUT2D eigenvalue weighted by Gasteiger charge is 1.96. The lowest BCUT2D eigenvalue weighted by Crippen LogP contribution is -1.92. The Morgan fingerprint density at radius 3 is 3.14 bits per heavy atom. The Balaban J connectivity index is 2.36. The number of aromatic nitrogens is 1. The largest absolute Gasteiger partial charge is 0.489 e. The number of ether oxygens (including phenoxy) is 1. The topological polar surface area (TPSA) is 22.1 Å². The minimum atomic E-state index is 0.526. The average molecular weight is 185 g/mol. The molecule has 2 nitrogen and oxygen atoms in total. The smallest absolute Gasteiger partial charge is 0.121 e. The van der Waals surface area contributed by atoms with Gasteiger partial charge in [0.1, 0.15) is 12.4 Å². The molecule has 0 aliphatic heterocycles. The monoisotopic (exact) mass is 185 g/mol. The van der Waals surface area contributed by atoms with E-state index in [2.05, 4.69) is 11.6 Å². The van der Waals surface area contributed by atoms with Gasteiger partial charge in [0, 0.05) is 17.6 Å². The lowest BCUT2D eigenvalue weighted by atomic mass is 10.2. The fourth-order valence-corrected chi connectivity index (χ4v) is 1.29. The summed E-state index contributed by atoms with van der Waals surface area (Å²) in [5.41, 5.74) is 0.953. The molecule has 0 unspecified atom stereocenters. The van der Waals surface area contributed by atoms with Gasteiger partial charge >= 0.3 is 0 Å². The molecular formula is C12H11NO. The van der Waals surface area contributed by atoms with Crippen LogP contribution in [0.2, 0.25) is 0 Å². The summed E-state index contributed by atoms with van der Waals surface area (Å²) in [6.07, 6.45) is 3.50. The van der Waals surface area contributed by atoms with Gasteiger partial charge in [-0.15, -0.1) is 0 Å². The van der Waals surface area contributed by atoms with Crippen LogP contribution in [-0.4, -0.2) is 11.6 Å². The highest BCUT2D eigenvalue weighted by molar-refractivity contribution is 5.79. The van der Waals surface area contributed by atoms with Crippen molar-refractivity contribution in [2.45, 2.75) is 0 Å². The first-order chi connectivity index (χ1) is 6.90. The van der Waals surface area contributed by atoms with Crippen molar-refractivity contribution in [3.63, 3.8) is 0 Å². The molecule has 1 aromatic heterocycles. The van der Waals surface area contributed by atoms with E-state index in [1.165, 1.54) is 0 Å². The van der Waals surface area contributed by atoms with Gasteiger partial charge in [0.15, 0.2) is 0 Å². The number of benzene rings is 1. The van der Waals surface area contributed by atoms with Crippen molar-refractivity contribution in [1.29, 1.82) is 0 Å². The maximum atomic E-state index is 5.41. The van der Waals surface area contributed by atoms with Gasteiger partial charge in [0.25, 0.3) is 0 Å². The Morgan fingerprint density at radius 1 is 1.36 bits per heavy atom. The third-order valence-electron chi connectivity index (χ3n) is 1.95. The molecule has 70 valence electrons. The zero-order valence-electron chi connectivity index (χ0n) is 7.81. The van der Waals surface area contributed by atoms with Gasteiger partial charge in [-0.05, 0) is 18.2 Å². The van der Waals surface area contributed by atoms with Crippen LogP contribution in [0, 0.1) is 0 Å². The van der Waals surface area contributed by atoms with E-state index in [1.54, 1.807) is 12.3 Å². The number of rotatable bonds is 3. The van der Waals surface area contributed by atoms with Crippen LogP contribution in [0.15, 0.2) is 49.2 Å². The Morgan fingerprint density at radius 2 is 2.29 bits per heavy atom. The standard InChI is InChI=1S/C12H11NO/c1-2-8-14-11-6-5-10-4-3-7-13-12(10)9-11/h2-7,9H,1,8H2. The van der Waals surface area contributed by atoms with E-state index < -0.39 is 0 Å². The maximum Gasteiger partial charge on any atom is 0.121 e. The number of hydrogen-bond donors (Lipinski definition) is 0. The lowest BCUT2D eigenvalue weighted by molar-refractivity contribution is 0.363. The molecule has 2 aromatic rings. The predicted molar refractivity (Wildman–Crippen MR) is 57.4 cm³/mol. The van der Waals surface area contributed by atoms with Gasteiger partial charge in [-0.25, -0.2) is 0 Å². The Kier molecular flexibility index (Phi) is 2.45. The molecule has 2 heteroatoms. The summed E-state index contributed by atoms with van der Waals surface area (Å²) >= 11 is 0. The second-order valence-corrected chi connectivity index (χ2v) is 2.96. The summed E-state index contributed by atoms with van der Waals surface area (Å²) in [5, 5.41) is 1.12. The van der Waals surface area contributed by atoms with Crippen LogP contribution in [0.4, 0.5) is 0 Å². The second-order valence-electron chi connectivity index (χ2n) is 2.96. The molecule has 14 heavy (non-hydrogen) atoms. The van der Waals surface area contributed by atoms with Crippen LogP contribution in [0.1, 0.15) is 0 Å².